The third-order valence-electron chi connectivity index (χ3n) is 4.58. The number of aryl methyl sites for hydroxylation is 1. The average Bonchev–Trinajstić information content (AvgIpc) is 2.97. The molecule has 0 unspecified atom stereocenters. The van der Waals surface area contributed by atoms with Crippen molar-refractivity contribution in [3.8, 4) is 5.75 Å². The number of phenols is 1. The average molecular weight is 337 g/mol. The highest BCUT2D eigenvalue weighted by Gasteiger charge is 2.29. The lowest BCUT2D eigenvalue weighted by Gasteiger charge is -2.33. The van der Waals surface area contributed by atoms with E-state index in [9.17, 15) is 9.90 Å². The number of carbonyl (C=O) groups excluding carboxylic acids is 1. The third kappa shape index (κ3) is 2.87. The lowest BCUT2D eigenvalue weighted by Crippen LogP contribution is -2.42. The number of amides is 1. The SMILES string of the molecule is Cc1oc2ccccc2c1C(=O)N1CCO[C@H](c2cccc(O)c2)C1. The second-order valence-corrected chi connectivity index (χ2v) is 6.23. The number of para-hydroxylation sites is 1. The topological polar surface area (TPSA) is 62.9 Å². The Labute approximate surface area is 145 Å². The normalized spacial score (nSPS) is 17.8. The maximum Gasteiger partial charge on any atom is 0.258 e. The standard InChI is InChI=1S/C20H19NO4/c1-13-19(16-7-2-3-8-17(16)25-13)20(23)21-9-10-24-18(12-21)14-5-4-6-15(22)11-14/h2-8,11,18,22H,9-10,12H2,1H3/t18-/m0/s1. The number of aromatic hydroxyl groups is 1. The molecule has 0 spiro atoms. The van der Waals surface area contributed by atoms with Crippen LogP contribution in [0, 0.1) is 6.92 Å². The monoisotopic (exact) mass is 337 g/mol. The number of ether oxygens (including phenoxy) is 1. The molecule has 0 saturated carbocycles. The zero-order valence-corrected chi connectivity index (χ0v) is 13.9. The summed E-state index contributed by atoms with van der Waals surface area (Å²) in [5.74, 6) is 0.781. The summed E-state index contributed by atoms with van der Waals surface area (Å²) in [5.41, 5.74) is 2.21. The predicted octanol–water partition coefficient (Wildman–Crippen LogP) is 3.66. The molecule has 5 heteroatoms. The highest BCUT2D eigenvalue weighted by Crippen LogP contribution is 2.29. The minimum Gasteiger partial charge on any atom is -0.508 e. The summed E-state index contributed by atoms with van der Waals surface area (Å²) in [6.07, 6.45) is -0.247. The number of fused-ring (bicyclic) bond motifs is 1. The first-order valence-corrected chi connectivity index (χ1v) is 8.31. The Kier molecular flexibility index (Phi) is 3.93. The van der Waals surface area contributed by atoms with E-state index < -0.39 is 0 Å². The fourth-order valence-electron chi connectivity index (χ4n) is 3.35. The van der Waals surface area contributed by atoms with E-state index in [1.54, 1.807) is 23.1 Å². The van der Waals surface area contributed by atoms with Crippen LogP contribution < -0.4 is 0 Å². The van der Waals surface area contributed by atoms with Crippen LogP contribution in [0.1, 0.15) is 27.8 Å². The van der Waals surface area contributed by atoms with Gasteiger partial charge in [0.2, 0.25) is 0 Å². The first kappa shape index (κ1) is 15.7. The van der Waals surface area contributed by atoms with Gasteiger partial charge in [0, 0.05) is 11.9 Å². The molecule has 5 nitrogen and oxygen atoms in total. The molecular weight excluding hydrogens is 318 g/mol. The van der Waals surface area contributed by atoms with E-state index in [2.05, 4.69) is 0 Å². The zero-order valence-electron chi connectivity index (χ0n) is 13.9. The van der Waals surface area contributed by atoms with Gasteiger partial charge in [0.05, 0.1) is 18.7 Å². The number of hydrogen-bond donors (Lipinski definition) is 1. The molecule has 1 saturated heterocycles. The molecule has 1 aromatic heterocycles. The molecule has 25 heavy (non-hydrogen) atoms. The van der Waals surface area contributed by atoms with Crippen molar-refractivity contribution >= 4 is 16.9 Å². The van der Waals surface area contributed by atoms with Crippen molar-refractivity contribution < 1.29 is 19.1 Å². The number of morpholine rings is 1. The van der Waals surface area contributed by atoms with Crippen molar-refractivity contribution in [3.05, 3.63) is 65.4 Å². The van der Waals surface area contributed by atoms with Crippen molar-refractivity contribution in [1.29, 1.82) is 0 Å². The molecule has 4 rings (SSSR count). The van der Waals surface area contributed by atoms with Gasteiger partial charge in [-0.3, -0.25) is 4.79 Å². The molecule has 1 aliphatic heterocycles. The van der Waals surface area contributed by atoms with Crippen LogP contribution in [-0.4, -0.2) is 35.6 Å². The van der Waals surface area contributed by atoms with E-state index in [4.69, 9.17) is 9.15 Å². The van der Waals surface area contributed by atoms with Gasteiger partial charge in [-0.25, -0.2) is 0 Å². The summed E-state index contributed by atoms with van der Waals surface area (Å²) in [6, 6.07) is 14.6. The molecule has 0 radical (unpaired) electrons. The molecule has 1 N–H and O–H groups in total. The summed E-state index contributed by atoms with van der Waals surface area (Å²) in [4.78, 5) is 14.9. The van der Waals surface area contributed by atoms with Crippen LogP contribution in [0.2, 0.25) is 0 Å². The number of benzene rings is 2. The van der Waals surface area contributed by atoms with E-state index in [1.165, 1.54) is 0 Å². The maximum absolute atomic E-state index is 13.1. The fourth-order valence-corrected chi connectivity index (χ4v) is 3.35. The van der Waals surface area contributed by atoms with Gasteiger partial charge in [0.15, 0.2) is 0 Å². The largest absolute Gasteiger partial charge is 0.508 e. The van der Waals surface area contributed by atoms with Gasteiger partial charge < -0.3 is 19.2 Å². The summed E-state index contributed by atoms with van der Waals surface area (Å²) in [5, 5.41) is 10.5. The van der Waals surface area contributed by atoms with Gasteiger partial charge in [-0.2, -0.15) is 0 Å². The Bertz CT molecular complexity index is 930. The summed E-state index contributed by atoms with van der Waals surface area (Å²) in [7, 11) is 0. The fraction of sp³-hybridized carbons (Fsp3) is 0.250. The predicted molar refractivity (Wildman–Crippen MR) is 93.7 cm³/mol. The molecule has 0 aliphatic carbocycles. The van der Waals surface area contributed by atoms with Crippen molar-refractivity contribution in [2.45, 2.75) is 13.0 Å². The van der Waals surface area contributed by atoms with E-state index in [0.717, 1.165) is 16.5 Å². The van der Waals surface area contributed by atoms with E-state index in [1.807, 2.05) is 37.3 Å². The second-order valence-electron chi connectivity index (χ2n) is 6.23. The van der Waals surface area contributed by atoms with E-state index in [0.29, 0.717) is 31.0 Å². The first-order valence-electron chi connectivity index (χ1n) is 8.31. The number of hydrogen-bond acceptors (Lipinski definition) is 4. The van der Waals surface area contributed by atoms with Gasteiger partial charge in [-0.15, -0.1) is 0 Å². The van der Waals surface area contributed by atoms with Gasteiger partial charge in [0.25, 0.3) is 5.91 Å². The number of rotatable bonds is 2. The van der Waals surface area contributed by atoms with Crippen LogP contribution in [0.5, 0.6) is 5.75 Å². The smallest absolute Gasteiger partial charge is 0.258 e. The molecule has 1 fully saturated rings. The lowest BCUT2D eigenvalue weighted by molar-refractivity contribution is -0.0228. The van der Waals surface area contributed by atoms with Crippen LogP contribution in [0.4, 0.5) is 0 Å². The van der Waals surface area contributed by atoms with E-state index in [-0.39, 0.29) is 17.8 Å². The molecule has 2 aromatic carbocycles. The summed E-state index contributed by atoms with van der Waals surface area (Å²) in [6.45, 7) is 3.26. The summed E-state index contributed by atoms with van der Waals surface area (Å²) < 4.78 is 11.5. The van der Waals surface area contributed by atoms with E-state index >= 15 is 0 Å². The first-order chi connectivity index (χ1) is 12.1. The number of phenolic OH excluding ortho intramolecular Hbond substituents is 1. The number of furan rings is 1. The Morgan fingerprint density at radius 3 is 2.88 bits per heavy atom. The molecule has 1 atom stereocenters. The van der Waals surface area contributed by atoms with Crippen LogP contribution in [0.15, 0.2) is 52.9 Å². The number of carbonyl (C=O) groups is 1. The van der Waals surface area contributed by atoms with Gasteiger partial charge in [-0.05, 0) is 30.7 Å². The molecular formula is C20H19NO4. The second kappa shape index (κ2) is 6.26. The van der Waals surface area contributed by atoms with Crippen LogP contribution in [0.25, 0.3) is 11.0 Å². The Hall–Kier alpha value is -2.79. The Morgan fingerprint density at radius 2 is 2.04 bits per heavy atom. The molecule has 2 heterocycles. The van der Waals surface area contributed by atoms with Crippen LogP contribution >= 0.6 is 0 Å². The minimum absolute atomic E-state index is 0.0455. The van der Waals surface area contributed by atoms with Crippen molar-refractivity contribution in [1.82, 2.24) is 4.90 Å². The molecule has 1 aliphatic rings. The Balaban J connectivity index is 1.62. The third-order valence-corrected chi connectivity index (χ3v) is 4.58. The van der Waals surface area contributed by atoms with Crippen molar-refractivity contribution in [2.24, 2.45) is 0 Å². The number of nitrogens with zero attached hydrogens (tertiary/aromatic N) is 1. The quantitative estimate of drug-likeness (QED) is 0.775. The zero-order chi connectivity index (χ0) is 17.4. The highest BCUT2D eigenvalue weighted by atomic mass is 16.5. The molecule has 1 amide bonds. The molecule has 3 aromatic rings. The highest BCUT2D eigenvalue weighted by molar-refractivity contribution is 6.07. The van der Waals surface area contributed by atoms with Gasteiger partial charge in [0.1, 0.15) is 23.2 Å². The molecule has 128 valence electrons. The van der Waals surface area contributed by atoms with Gasteiger partial charge in [-0.1, -0.05) is 30.3 Å². The van der Waals surface area contributed by atoms with Crippen LogP contribution in [-0.2, 0) is 4.74 Å². The van der Waals surface area contributed by atoms with Crippen LogP contribution in [0.3, 0.4) is 0 Å². The molecule has 0 bridgehead atoms. The van der Waals surface area contributed by atoms with Gasteiger partial charge >= 0.3 is 0 Å². The lowest BCUT2D eigenvalue weighted by atomic mass is 10.1. The Morgan fingerprint density at radius 1 is 1.20 bits per heavy atom. The minimum atomic E-state index is -0.247. The summed E-state index contributed by atoms with van der Waals surface area (Å²) >= 11 is 0. The van der Waals surface area contributed by atoms with Crippen molar-refractivity contribution in [2.75, 3.05) is 19.7 Å². The van der Waals surface area contributed by atoms with Crippen molar-refractivity contribution in [3.63, 3.8) is 0 Å². The maximum atomic E-state index is 13.1.